The molecule has 2 aromatic rings. The van der Waals surface area contributed by atoms with Crippen LogP contribution in [0.25, 0.3) is 0 Å². The number of para-hydroxylation sites is 1. The van der Waals surface area contributed by atoms with Crippen molar-refractivity contribution in [3.8, 4) is 0 Å². The van der Waals surface area contributed by atoms with Crippen LogP contribution in [-0.4, -0.2) is 47.4 Å². The topological polar surface area (TPSA) is 24.3 Å². The summed E-state index contributed by atoms with van der Waals surface area (Å²) in [5, 5.41) is 4.93. The Morgan fingerprint density at radius 3 is 2.36 bits per heavy atom. The molecule has 0 N–H and O–H groups in total. The summed E-state index contributed by atoms with van der Waals surface area (Å²) in [5.74, 6) is 0. The van der Waals surface area contributed by atoms with E-state index < -0.39 is 0 Å². The van der Waals surface area contributed by atoms with Gasteiger partial charge in [-0.05, 0) is 31.5 Å². The Morgan fingerprint density at radius 2 is 1.68 bits per heavy atom. The Bertz CT molecular complexity index is 561. The zero-order chi connectivity index (χ0) is 15.2. The first-order valence-corrected chi connectivity index (χ1v) is 8.39. The monoisotopic (exact) mass is 318 g/mol. The van der Waals surface area contributed by atoms with Crippen molar-refractivity contribution in [2.45, 2.75) is 19.4 Å². The van der Waals surface area contributed by atoms with Crippen LogP contribution in [0.5, 0.6) is 0 Å². The van der Waals surface area contributed by atoms with Crippen molar-refractivity contribution in [3.63, 3.8) is 0 Å². The molecule has 3 rings (SSSR count). The Kier molecular flexibility index (Phi) is 5.35. The molecule has 4 nitrogen and oxygen atoms in total. The number of aryl methyl sites for hydroxylation is 1. The molecule has 2 heterocycles. The van der Waals surface area contributed by atoms with Gasteiger partial charge in [-0.25, -0.2) is 0 Å². The first kappa shape index (κ1) is 15.4. The van der Waals surface area contributed by atoms with Gasteiger partial charge in [-0.3, -0.25) is 9.58 Å². The van der Waals surface area contributed by atoms with Gasteiger partial charge in [-0.2, -0.15) is 5.10 Å². The van der Waals surface area contributed by atoms with Gasteiger partial charge in [-0.15, -0.1) is 0 Å². The minimum Gasteiger partial charge on any atom is -0.369 e. The maximum Gasteiger partial charge on any atom is 0.0785 e. The summed E-state index contributed by atoms with van der Waals surface area (Å²) in [6, 6.07) is 10.7. The number of anilines is 1. The molecule has 1 aliphatic heterocycles. The standard InChI is InChI=1S/C17H23ClN4/c18-16-14-19-22(15-16)9-5-4-8-20-10-12-21(13-11-20)17-6-2-1-3-7-17/h1-3,6-7,14-15H,4-5,8-13H2. The predicted molar refractivity (Wildman–Crippen MR) is 91.6 cm³/mol. The van der Waals surface area contributed by atoms with Crippen LogP contribution in [0.3, 0.4) is 0 Å². The van der Waals surface area contributed by atoms with Gasteiger partial charge < -0.3 is 4.90 Å². The summed E-state index contributed by atoms with van der Waals surface area (Å²) in [6.45, 7) is 6.69. The molecule has 5 heteroatoms. The van der Waals surface area contributed by atoms with Gasteiger partial charge in [-0.1, -0.05) is 29.8 Å². The first-order valence-electron chi connectivity index (χ1n) is 8.01. The van der Waals surface area contributed by atoms with Crippen molar-refractivity contribution >= 4 is 17.3 Å². The third-order valence-corrected chi connectivity index (χ3v) is 4.40. The fraction of sp³-hybridized carbons (Fsp3) is 0.471. The van der Waals surface area contributed by atoms with Crippen molar-refractivity contribution in [1.82, 2.24) is 14.7 Å². The lowest BCUT2D eigenvalue weighted by Crippen LogP contribution is -2.46. The average molecular weight is 319 g/mol. The normalized spacial score (nSPS) is 16.1. The van der Waals surface area contributed by atoms with Crippen LogP contribution in [0.2, 0.25) is 5.02 Å². The molecule has 0 aliphatic carbocycles. The molecule has 0 atom stereocenters. The number of rotatable bonds is 6. The third kappa shape index (κ3) is 4.24. The molecule has 1 aromatic carbocycles. The molecule has 22 heavy (non-hydrogen) atoms. The second kappa shape index (κ2) is 7.65. The maximum absolute atomic E-state index is 5.86. The molecule has 1 aromatic heterocycles. The van der Waals surface area contributed by atoms with Gasteiger partial charge in [0.15, 0.2) is 0 Å². The zero-order valence-electron chi connectivity index (χ0n) is 12.9. The molecule has 1 fully saturated rings. The van der Waals surface area contributed by atoms with E-state index in [-0.39, 0.29) is 0 Å². The van der Waals surface area contributed by atoms with Crippen LogP contribution in [-0.2, 0) is 6.54 Å². The lowest BCUT2D eigenvalue weighted by molar-refractivity contribution is 0.251. The van der Waals surface area contributed by atoms with Crippen LogP contribution in [0.4, 0.5) is 5.69 Å². The Balaban J connectivity index is 1.34. The lowest BCUT2D eigenvalue weighted by Gasteiger charge is -2.36. The van der Waals surface area contributed by atoms with E-state index in [2.05, 4.69) is 45.2 Å². The van der Waals surface area contributed by atoms with Crippen molar-refractivity contribution in [1.29, 1.82) is 0 Å². The fourth-order valence-electron chi connectivity index (χ4n) is 2.94. The second-order valence-electron chi connectivity index (χ2n) is 5.79. The molecule has 0 bridgehead atoms. The molecule has 0 spiro atoms. The van der Waals surface area contributed by atoms with E-state index >= 15 is 0 Å². The summed E-state index contributed by atoms with van der Waals surface area (Å²) in [6.07, 6.45) is 5.95. The molecule has 0 amide bonds. The number of hydrogen-bond donors (Lipinski definition) is 0. The van der Waals surface area contributed by atoms with E-state index in [0.717, 1.165) is 44.2 Å². The van der Waals surface area contributed by atoms with Gasteiger partial charge in [0.05, 0.1) is 11.2 Å². The van der Waals surface area contributed by atoms with Crippen molar-refractivity contribution in [2.75, 3.05) is 37.6 Å². The Morgan fingerprint density at radius 1 is 0.955 bits per heavy atom. The number of aromatic nitrogens is 2. The average Bonchev–Trinajstić information content (AvgIpc) is 2.98. The minimum absolute atomic E-state index is 0.719. The van der Waals surface area contributed by atoms with E-state index in [1.54, 1.807) is 6.20 Å². The number of halogens is 1. The van der Waals surface area contributed by atoms with E-state index in [1.165, 1.54) is 18.7 Å². The molecule has 0 radical (unpaired) electrons. The van der Waals surface area contributed by atoms with Crippen molar-refractivity contribution in [2.24, 2.45) is 0 Å². The fourth-order valence-corrected chi connectivity index (χ4v) is 3.09. The Labute approximate surface area is 137 Å². The molecule has 118 valence electrons. The number of benzene rings is 1. The zero-order valence-corrected chi connectivity index (χ0v) is 13.6. The quantitative estimate of drug-likeness (QED) is 0.765. The molecular weight excluding hydrogens is 296 g/mol. The highest BCUT2D eigenvalue weighted by Gasteiger charge is 2.16. The molecular formula is C17H23ClN4. The molecule has 1 aliphatic rings. The van der Waals surface area contributed by atoms with E-state index in [1.807, 2.05) is 10.9 Å². The smallest absolute Gasteiger partial charge is 0.0785 e. The number of hydrogen-bond acceptors (Lipinski definition) is 3. The molecule has 0 unspecified atom stereocenters. The maximum atomic E-state index is 5.86. The van der Waals surface area contributed by atoms with Gasteiger partial charge in [0, 0.05) is 44.6 Å². The predicted octanol–water partition coefficient (Wildman–Crippen LogP) is 3.14. The third-order valence-electron chi connectivity index (χ3n) is 4.21. The lowest BCUT2D eigenvalue weighted by atomic mass is 10.2. The van der Waals surface area contributed by atoms with Crippen molar-refractivity contribution < 1.29 is 0 Å². The van der Waals surface area contributed by atoms with Crippen LogP contribution >= 0.6 is 11.6 Å². The largest absolute Gasteiger partial charge is 0.369 e. The van der Waals surface area contributed by atoms with Crippen molar-refractivity contribution in [3.05, 3.63) is 47.7 Å². The summed E-state index contributed by atoms with van der Waals surface area (Å²) >= 11 is 5.86. The second-order valence-corrected chi connectivity index (χ2v) is 6.23. The van der Waals surface area contributed by atoms with Crippen LogP contribution in [0.1, 0.15) is 12.8 Å². The molecule has 0 saturated carbocycles. The van der Waals surface area contributed by atoms with E-state index in [4.69, 9.17) is 11.6 Å². The summed E-state index contributed by atoms with van der Waals surface area (Å²) in [5.41, 5.74) is 1.35. The highest BCUT2D eigenvalue weighted by atomic mass is 35.5. The number of nitrogens with zero attached hydrogens (tertiary/aromatic N) is 4. The van der Waals surface area contributed by atoms with E-state index in [9.17, 15) is 0 Å². The SMILES string of the molecule is Clc1cnn(CCCCN2CCN(c3ccccc3)CC2)c1. The summed E-state index contributed by atoms with van der Waals surface area (Å²) in [7, 11) is 0. The van der Waals surface area contributed by atoms with Gasteiger partial charge in [0.25, 0.3) is 0 Å². The summed E-state index contributed by atoms with van der Waals surface area (Å²) < 4.78 is 1.93. The summed E-state index contributed by atoms with van der Waals surface area (Å²) in [4.78, 5) is 5.04. The van der Waals surface area contributed by atoms with Crippen LogP contribution < -0.4 is 4.90 Å². The Hall–Kier alpha value is -1.52. The molecule has 1 saturated heterocycles. The van der Waals surface area contributed by atoms with Gasteiger partial charge in [0.1, 0.15) is 0 Å². The van der Waals surface area contributed by atoms with Gasteiger partial charge >= 0.3 is 0 Å². The van der Waals surface area contributed by atoms with Crippen LogP contribution in [0, 0.1) is 0 Å². The highest BCUT2D eigenvalue weighted by molar-refractivity contribution is 6.30. The van der Waals surface area contributed by atoms with E-state index in [0.29, 0.717) is 0 Å². The van der Waals surface area contributed by atoms with Gasteiger partial charge in [0.2, 0.25) is 0 Å². The highest BCUT2D eigenvalue weighted by Crippen LogP contribution is 2.15. The van der Waals surface area contributed by atoms with Crippen LogP contribution in [0.15, 0.2) is 42.7 Å². The number of piperazine rings is 1. The first-order chi connectivity index (χ1) is 10.8. The minimum atomic E-state index is 0.719. The number of unbranched alkanes of at least 4 members (excludes halogenated alkanes) is 1.